The predicted molar refractivity (Wildman–Crippen MR) is 128 cm³/mol. The van der Waals surface area contributed by atoms with Crippen molar-refractivity contribution in [1.82, 2.24) is 4.90 Å². The Morgan fingerprint density at radius 3 is 2.38 bits per heavy atom. The van der Waals surface area contributed by atoms with Crippen molar-refractivity contribution in [3.8, 4) is 0 Å². The molecule has 0 aliphatic carbocycles. The molecule has 3 atom stereocenters. The number of aliphatic carboxylic acids is 1. The van der Waals surface area contributed by atoms with Crippen LogP contribution in [0.25, 0.3) is 0 Å². The molecule has 1 aliphatic rings. The molecule has 1 amide bonds. The summed E-state index contributed by atoms with van der Waals surface area (Å²) < 4.78 is 6.27. The molecular weight excluding hydrogens is 422 g/mol. The quantitative estimate of drug-likeness (QED) is 0.467. The number of hydrogen-bond acceptors (Lipinski definition) is 4. The fraction of sp³-hybridized carbons (Fsp3) is 0.640. The van der Waals surface area contributed by atoms with Crippen LogP contribution < -0.4 is 0 Å². The molecule has 0 radical (unpaired) electrons. The van der Waals surface area contributed by atoms with Crippen molar-refractivity contribution in [2.75, 3.05) is 0 Å². The Morgan fingerprint density at radius 2 is 1.81 bits per heavy atom. The van der Waals surface area contributed by atoms with E-state index in [0.29, 0.717) is 25.8 Å². The minimum Gasteiger partial charge on any atom is -0.481 e. The third-order valence-corrected chi connectivity index (χ3v) is 11.4. The molecular formula is C25H39NO5Si. The number of amides is 1. The summed E-state index contributed by atoms with van der Waals surface area (Å²) in [7, 11) is -2.19. The Labute approximate surface area is 193 Å². The van der Waals surface area contributed by atoms with Crippen LogP contribution in [0.4, 0.5) is 0 Å². The van der Waals surface area contributed by atoms with Gasteiger partial charge in [-0.15, -0.1) is 0 Å². The molecule has 6 nitrogen and oxygen atoms in total. The number of nitrogens with zero attached hydrogens (tertiary/aromatic N) is 1. The number of hydrogen-bond donors (Lipinski definition) is 1. The molecule has 1 heterocycles. The lowest BCUT2D eigenvalue weighted by Gasteiger charge is -2.39. The molecule has 178 valence electrons. The molecule has 0 saturated carbocycles. The number of Topliss-reactive ketones (excluding diaryl/α,β-unsaturated/α-hetero) is 1. The van der Waals surface area contributed by atoms with E-state index in [-0.39, 0.29) is 41.5 Å². The first kappa shape index (κ1) is 26.3. The van der Waals surface area contributed by atoms with Gasteiger partial charge >= 0.3 is 5.97 Å². The lowest BCUT2D eigenvalue weighted by molar-refractivity contribution is -0.139. The topological polar surface area (TPSA) is 83.9 Å². The molecule has 0 spiro atoms. The summed E-state index contributed by atoms with van der Waals surface area (Å²) in [5, 5.41) is 9.25. The lowest BCUT2D eigenvalue weighted by atomic mass is 9.95. The molecule has 32 heavy (non-hydrogen) atoms. The minimum absolute atomic E-state index is 0.00108. The van der Waals surface area contributed by atoms with Crippen molar-refractivity contribution in [2.45, 2.75) is 96.6 Å². The number of likely N-dealkylation sites (tertiary alicyclic amines) is 1. The van der Waals surface area contributed by atoms with Crippen LogP contribution >= 0.6 is 0 Å². The highest BCUT2D eigenvalue weighted by atomic mass is 28.4. The fourth-order valence-corrected chi connectivity index (χ4v) is 5.41. The summed E-state index contributed by atoms with van der Waals surface area (Å²) in [4.78, 5) is 38.6. The fourth-order valence-electron chi connectivity index (χ4n) is 4.06. The summed E-state index contributed by atoms with van der Waals surface area (Å²) >= 11 is 0. The number of carbonyl (C=O) groups excluding carboxylic acids is 2. The van der Waals surface area contributed by atoms with Crippen LogP contribution in [0.3, 0.4) is 0 Å². The van der Waals surface area contributed by atoms with Crippen molar-refractivity contribution < 1.29 is 23.9 Å². The van der Waals surface area contributed by atoms with Gasteiger partial charge in [0.25, 0.3) is 0 Å². The molecule has 1 saturated heterocycles. The highest BCUT2D eigenvalue weighted by Crippen LogP contribution is 2.38. The predicted octanol–water partition coefficient (Wildman–Crippen LogP) is 5.03. The standard InChI is InChI=1S/C25H39NO5Si/c1-18-14-23(28)26(17-19-10-8-7-9-11-19)22(18)13-12-20(27)15-21(16-24(29)30)31-32(5,6)25(2,3)4/h7-11,18,21-22H,12-17H2,1-6H3,(H,29,30)/t18?,21-,22?/m1/s1. The van der Waals surface area contributed by atoms with Crippen molar-refractivity contribution in [1.29, 1.82) is 0 Å². The van der Waals surface area contributed by atoms with Gasteiger partial charge in [0.05, 0.1) is 12.5 Å². The third-order valence-electron chi connectivity index (χ3n) is 6.91. The van der Waals surface area contributed by atoms with Crippen LogP contribution in [0.1, 0.15) is 65.4 Å². The van der Waals surface area contributed by atoms with Gasteiger partial charge in [0.1, 0.15) is 5.78 Å². The van der Waals surface area contributed by atoms with Gasteiger partial charge in [-0.3, -0.25) is 14.4 Å². The summed E-state index contributed by atoms with van der Waals surface area (Å²) in [5.74, 6) is -0.632. The molecule has 0 bridgehead atoms. The van der Waals surface area contributed by atoms with Crippen molar-refractivity contribution >= 4 is 26.0 Å². The largest absolute Gasteiger partial charge is 0.481 e. The minimum atomic E-state index is -2.19. The van der Waals surface area contributed by atoms with Gasteiger partial charge in [-0.1, -0.05) is 58.0 Å². The molecule has 1 fully saturated rings. The number of ketones is 1. The second-order valence-electron chi connectivity index (χ2n) is 10.6. The molecule has 7 heteroatoms. The van der Waals surface area contributed by atoms with E-state index in [1.54, 1.807) is 0 Å². The maximum Gasteiger partial charge on any atom is 0.305 e. The monoisotopic (exact) mass is 461 g/mol. The number of benzene rings is 1. The van der Waals surface area contributed by atoms with E-state index in [2.05, 4.69) is 40.8 Å². The highest BCUT2D eigenvalue weighted by molar-refractivity contribution is 6.74. The Balaban J connectivity index is 2.00. The first-order chi connectivity index (χ1) is 14.8. The van der Waals surface area contributed by atoms with E-state index in [1.807, 2.05) is 35.2 Å². The van der Waals surface area contributed by atoms with Gasteiger partial charge < -0.3 is 14.4 Å². The number of carboxylic acid groups (broad SMARTS) is 1. The van der Waals surface area contributed by atoms with Crippen LogP contribution in [-0.4, -0.2) is 48.1 Å². The molecule has 1 aromatic rings. The second kappa shape index (κ2) is 10.7. The normalized spacial score (nSPS) is 20.4. The third kappa shape index (κ3) is 7.27. The molecule has 1 aliphatic heterocycles. The Kier molecular flexibility index (Phi) is 8.82. The van der Waals surface area contributed by atoms with E-state index in [4.69, 9.17) is 4.43 Å². The van der Waals surface area contributed by atoms with Gasteiger partial charge in [0.2, 0.25) is 5.91 Å². The zero-order valence-electron chi connectivity index (χ0n) is 20.4. The first-order valence-electron chi connectivity index (χ1n) is 11.5. The van der Waals surface area contributed by atoms with Crippen LogP contribution in [-0.2, 0) is 25.4 Å². The molecule has 1 N–H and O–H groups in total. The van der Waals surface area contributed by atoms with Gasteiger partial charge in [-0.05, 0) is 36.0 Å². The van der Waals surface area contributed by atoms with Crippen LogP contribution in [0.2, 0.25) is 18.1 Å². The Hall–Kier alpha value is -1.99. The van der Waals surface area contributed by atoms with Crippen molar-refractivity contribution in [3.63, 3.8) is 0 Å². The van der Waals surface area contributed by atoms with Gasteiger partial charge in [-0.2, -0.15) is 0 Å². The van der Waals surface area contributed by atoms with Gasteiger partial charge in [0.15, 0.2) is 8.32 Å². The van der Waals surface area contributed by atoms with Gasteiger partial charge in [0, 0.05) is 31.8 Å². The highest BCUT2D eigenvalue weighted by Gasteiger charge is 2.40. The van der Waals surface area contributed by atoms with Crippen molar-refractivity contribution in [3.05, 3.63) is 35.9 Å². The molecule has 1 aromatic carbocycles. The average Bonchev–Trinajstić information content (AvgIpc) is 2.91. The number of carboxylic acids is 1. The zero-order chi connectivity index (χ0) is 24.1. The van der Waals surface area contributed by atoms with Crippen molar-refractivity contribution in [2.24, 2.45) is 5.92 Å². The van der Waals surface area contributed by atoms with E-state index in [1.165, 1.54) is 0 Å². The molecule has 2 unspecified atom stereocenters. The second-order valence-corrected chi connectivity index (χ2v) is 15.4. The average molecular weight is 462 g/mol. The van der Waals surface area contributed by atoms with E-state index >= 15 is 0 Å². The maximum absolute atomic E-state index is 12.8. The molecule has 0 aromatic heterocycles. The summed E-state index contributed by atoms with van der Waals surface area (Å²) in [6.07, 6.45) is 0.748. The smallest absolute Gasteiger partial charge is 0.305 e. The number of rotatable bonds is 11. The van der Waals surface area contributed by atoms with E-state index < -0.39 is 20.4 Å². The van der Waals surface area contributed by atoms with Crippen LogP contribution in [0, 0.1) is 5.92 Å². The first-order valence-corrected chi connectivity index (χ1v) is 14.5. The van der Waals surface area contributed by atoms with E-state index in [9.17, 15) is 19.5 Å². The SMILES string of the molecule is CC1CC(=O)N(Cc2ccccc2)C1CCC(=O)C[C@H](CC(=O)O)O[Si](C)(C)C(C)(C)C. The zero-order valence-corrected chi connectivity index (χ0v) is 21.4. The Bertz CT molecular complexity index is 802. The summed E-state index contributed by atoms with van der Waals surface area (Å²) in [5.41, 5.74) is 1.08. The number of carbonyl (C=O) groups is 3. The molecule has 2 rings (SSSR count). The van der Waals surface area contributed by atoms with Gasteiger partial charge in [-0.25, -0.2) is 0 Å². The maximum atomic E-state index is 12.8. The Morgan fingerprint density at radius 1 is 1.19 bits per heavy atom. The lowest BCUT2D eigenvalue weighted by Crippen LogP contribution is -2.45. The summed E-state index contributed by atoms with van der Waals surface area (Å²) in [6, 6.07) is 9.91. The van der Waals surface area contributed by atoms with Crippen LogP contribution in [0.5, 0.6) is 0 Å². The summed E-state index contributed by atoms with van der Waals surface area (Å²) in [6.45, 7) is 13.0. The van der Waals surface area contributed by atoms with E-state index in [0.717, 1.165) is 5.56 Å². The van der Waals surface area contributed by atoms with Crippen LogP contribution in [0.15, 0.2) is 30.3 Å².